The summed E-state index contributed by atoms with van der Waals surface area (Å²) in [5.41, 5.74) is 12.0. The SMILES string of the molecule is COc1ccc(N(c2ccccc2)c2ccc(-c3ccc(-c4ccc(N(c5ccccc5)c5ccc(CO)cc5)cc4)cc3)cc2)cc1. The Morgan fingerprint density at radius 1 is 0.375 bits per heavy atom. The van der Waals surface area contributed by atoms with E-state index in [4.69, 9.17) is 4.74 Å². The van der Waals surface area contributed by atoms with Crippen molar-refractivity contribution in [3.8, 4) is 28.0 Å². The number of aliphatic hydroxyl groups excluding tert-OH is 1. The predicted molar refractivity (Wildman–Crippen MR) is 199 cm³/mol. The molecule has 234 valence electrons. The van der Waals surface area contributed by atoms with Crippen LogP contribution >= 0.6 is 0 Å². The van der Waals surface area contributed by atoms with Crippen molar-refractivity contribution in [3.63, 3.8) is 0 Å². The summed E-state index contributed by atoms with van der Waals surface area (Å²) in [5, 5.41) is 9.53. The summed E-state index contributed by atoms with van der Waals surface area (Å²) in [6, 6.07) is 63.1. The van der Waals surface area contributed by atoms with Crippen LogP contribution in [-0.2, 0) is 6.61 Å². The highest BCUT2D eigenvalue weighted by Gasteiger charge is 2.14. The van der Waals surface area contributed by atoms with Gasteiger partial charge in [-0.1, -0.05) is 97.1 Å². The summed E-state index contributed by atoms with van der Waals surface area (Å²) < 4.78 is 5.39. The van der Waals surface area contributed by atoms with Crippen LogP contribution in [0, 0.1) is 0 Å². The molecule has 0 atom stereocenters. The maximum Gasteiger partial charge on any atom is 0.119 e. The number of rotatable bonds is 10. The molecule has 0 aliphatic carbocycles. The van der Waals surface area contributed by atoms with Gasteiger partial charge in [0.2, 0.25) is 0 Å². The smallest absolute Gasteiger partial charge is 0.119 e. The van der Waals surface area contributed by atoms with Crippen LogP contribution in [0.15, 0.2) is 182 Å². The molecule has 0 amide bonds. The molecule has 4 heteroatoms. The molecule has 7 rings (SSSR count). The molecule has 4 nitrogen and oxygen atoms in total. The number of anilines is 6. The molecular formula is C44H36N2O2. The lowest BCUT2D eigenvalue weighted by atomic mass is 9.99. The summed E-state index contributed by atoms with van der Waals surface area (Å²) in [4.78, 5) is 4.48. The minimum Gasteiger partial charge on any atom is -0.497 e. The zero-order chi connectivity index (χ0) is 32.7. The van der Waals surface area contributed by atoms with Crippen molar-refractivity contribution < 1.29 is 9.84 Å². The van der Waals surface area contributed by atoms with E-state index in [1.165, 1.54) is 5.56 Å². The Hall–Kier alpha value is -6.10. The molecule has 0 saturated heterocycles. The first-order valence-corrected chi connectivity index (χ1v) is 16.1. The highest BCUT2D eigenvalue weighted by atomic mass is 16.5. The van der Waals surface area contributed by atoms with Gasteiger partial charge in [-0.15, -0.1) is 0 Å². The fraction of sp³-hybridized carbons (Fsp3) is 0.0455. The Labute approximate surface area is 282 Å². The number of methoxy groups -OCH3 is 1. The van der Waals surface area contributed by atoms with Crippen LogP contribution in [0.3, 0.4) is 0 Å². The van der Waals surface area contributed by atoms with Gasteiger partial charge < -0.3 is 19.6 Å². The Balaban J connectivity index is 1.12. The molecule has 0 saturated carbocycles. The zero-order valence-corrected chi connectivity index (χ0v) is 26.8. The van der Waals surface area contributed by atoms with Crippen molar-refractivity contribution in [2.45, 2.75) is 6.61 Å². The summed E-state index contributed by atoms with van der Waals surface area (Å²) >= 11 is 0. The molecule has 0 aliphatic rings. The van der Waals surface area contributed by atoms with E-state index < -0.39 is 0 Å². The molecule has 0 radical (unpaired) electrons. The second-order valence-electron chi connectivity index (χ2n) is 11.5. The van der Waals surface area contributed by atoms with Gasteiger partial charge in [0.05, 0.1) is 13.7 Å². The first-order chi connectivity index (χ1) is 23.7. The van der Waals surface area contributed by atoms with Gasteiger partial charge in [-0.3, -0.25) is 0 Å². The summed E-state index contributed by atoms with van der Waals surface area (Å²) in [6.07, 6.45) is 0. The fourth-order valence-electron chi connectivity index (χ4n) is 5.99. The van der Waals surface area contributed by atoms with Crippen LogP contribution < -0.4 is 14.5 Å². The maximum atomic E-state index is 9.53. The number of aliphatic hydroxyl groups is 1. The third kappa shape index (κ3) is 6.57. The highest BCUT2D eigenvalue weighted by Crippen LogP contribution is 2.38. The van der Waals surface area contributed by atoms with Crippen LogP contribution in [0.1, 0.15) is 5.56 Å². The number of ether oxygens (including phenoxy) is 1. The van der Waals surface area contributed by atoms with Crippen molar-refractivity contribution in [2.24, 2.45) is 0 Å². The van der Waals surface area contributed by atoms with Crippen molar-refractivity contribution >= 4 is 34.1 Å². The van der Waals surface area contributed by atoms with Gasteiger partial charge in [0.1, 0.15) is 5.75 Å². The molecule has 0 heterocycles. The third-order valence-electron chi connectivity index (χ3n) is 8.54. The molecule has 7 aromatic carbocycles. The standard InChI is InChI=1S/C44H36N2O2/c1-48-44-30-28-43(29-31-44)46(39-10-6-3-7-11-39)42-26-20-37(21-27-42)35-16-14-34(15-17-35)36-18-24-41(25-19-36)45(38-8-4-2-5-9-38)40-22-12-33(32-47)13-23-40/h2-31,47H,32H2,1H3. The number of nitrogens with zero attached hydrogens (tertiary/aromatic N) is 2. The Morgan fingerprint density at radius 2 is 0.667 bits per heavy atom. The number of hydrogen-bond donors (Lipinski definition) is 1. The quantitative estimate of drug-likeness (QED) is 0.164. The van der Waals surface area contributed by atoms with Gasteiger partial charge in [0, 0.05) is 34.1 Å². The zero-order valence-electron chi connectivity index (χ0n) is 26.8. The fourth-order valence-corrected chi connectivity index (χ4v) is 5.99. The topological polar surface area (TPSA) is 35.9 Å². The molecule has 0 spiro atoms. The lowest BCUT2D eigenvalue weighted by Gasteiger charge is -2.26. The first kappa shape index (κ1) is 30.5. The normalized spacial score (nSPS) is 10.8. The van der Waals surface area contributed by atoms with Crippen LogP contribution in [0.4, 0.5) is 34.1 Å². The van der Waals surface area contributed by atoms with Gasteiger partial charge in [0.25, 0.3) is 0 Å². The van der Waals surface area contributed by atoms with Crippen molar-refractivity contribution in [1.29, 1.82) is 0 Å². The largest absolute Gasteiger partial charge is 0.497 e. The van der Waals surface area contributed by atoms with Crippen LogP contribution in [0.5, 0.6) is 5.75 Å². The van der Waals surface area contributed by atoms with Crippen LogP contribution in [0.25, 0.3) is 22.3 Å². The van der Waals surface area contributed by atoms with E-state index in [-0.39, 0.29) is 6.61 Å². The minimum absolute atomic E-state index is 0.0296. The molecular weight excluding hydrogens is 588 g/mol. The van der Waals surface area contributed by atoms with Crippen LogP contribution in [-0.4, -0.2) is 12.2 Å². The molecule has 0 aromatic heterocycles. The van der Waals surface area contributed by atoms with E-state index in [1.807, 2.05) is 48.5 Å². The summed E-state index contributed by atoms with van der Waals surface area (Å²) in [7, 11) is 1.69. The summed E-state index contributed by atoms with van der Waals surface area (Å²) in [5.74, 6) is 0.834. The van der Waals surface area contributed by atoms with Crippen LogP contribution in [0.2, 0.25) is 0 Å². The molecule has 0 aliphatic heterocycles. The van der Waals surface area contributed by atoms with Gasteiger partial charge in [-0.25, -0.2) is 0 Å². The first-order valence-electron chi connectivity index (χ1n) is 16.1. The number of para-hydroxylation sites is 2. The molecule has 0 bridgehead atoms. The van der Waals surface area contributed by atoms with Gasteiger partial charge in [-0.2, -0.15) is 0 Å². The number of benzene rings is 7. The van der Waals surface area contributed by atoms with E-state index in [0.29, 0.717) is 0 Å². The second-order valence-corrected chi connectivity index (χ2v) is 11.5. The van der Waals surface area contributed by atoms with Crippen molar-refractivity contribution in [2.75, 3.05) is 16.9 Å². The van der Waals surface area contributed by atoms with Gasteiger partial charge in [0.15, 0.2) is 0 Å². The average Bonchev–Trinajstić information content (AvgIpc) is 3.17. The lowest BCUT2D eigenvalue weighted by molar-refractivity contribution is 0.282. The van der Waals surface area contributed by atoms with E-state index in [2.05, 4.69) is 143 Å². The van der Waals surface area contributed by atoms with E-state index in [0.717, 1.165) is 62.1 Å². The van der Waals surface area contributed by atoms with Crippen molar-refractivity contribution in [1.82, 2.24) is 0 Å². The molecule has 1 N–H and O–H groups in total. The van der Waals surface area contributed by atoms with Gasteiger partial charge in [-0.05, 0) is 113 Å². The minimum atomic E-state index is 0.0296. The third-order valence-corrected chi connectivity index (χ3v) is 8.54. The second kappa shape index (κ2) is 14.1. The Bertz CT molecular complexity index is 1890. The average molecular weight is 625 g/mol. The Morgan fingerprint density at radius 3 is 1.00 bits per heavy atom. The monoisotopic (exact) mass is 624 g/mol. The lowest BCUT2D eigenvalue weighted by Crippen LogP contribution is -2.09. The van der Waals surface area contributed by atoms with E-state index in [9.17, 15) is 5.11 Å². The maximum absolute atomic E-state index is 9.53. The Kier molecular flexibility index (Phi) is 8.99. The van der Waals surface area contributed by atoms with Gasteiger partial charge >= 0.3 is 0 Å². The highest BCUT2D eigenvalue weighted by molar-refractivity contribution is 5.80. The van der Waals surface area contributed by atoms with E-state index >= 15 is 0 Å². The molecule has 0 fully saturated rings. The van der Waals surface area contributed by atoms with E-state index in [1.54, 1.807) is 7.11 Å². The molecule has 7 aromatic rings. The summed E-state index contributed by atoms with van der Waals surface area (Å²) in [6.45, 7) is 0.0296. The van der Waals surface area contributed by atoms with Crippen molar-refractivity contribution in [3.05, 3.63) is 188 Å². The molecule has 0 unspecified atom stereocenters. The number of hydrogen-bond acceptors (Lipinski definition) is 4. The molecule has 48 heavy (non-hydrogen) atoms. The predicted octanol–water partition coefficient (Wildman–Crippen LogP) is 11.5.